The molecular formula is C10H9ClN2OS. The molecule has 1 aliphatic heterocycles. The molecule has 0 bridgehead atoms. The third-order valence-corrected chi connectivity index (χ3v) is 3.17. The van der Waals surface area contributed by atoms with Gasteiger partial charge in [0, 0.05) is 10.8 Å². The van der Waals surface area contributed by atoms with Gasteiger partial charge in [0.25, 0.3) is 0 Å². The van der Waals surface area contributed by atoms with Crippen LogP contribution < -0.4 is 4.90 Å². The Balaban J connectivity index is 2.30. The minimum absolute atomic E-state index is 0.614. The largest absolute Gasteiger partial charge is 0.278 e. The maximum atomic E-state index is 11.0. The summed E-state index contributed by atoms with van der Waals surface area (Å²) in [5, 5.41) is 1.36. The van der Waals surface area contributed by atoms with Crippen LogP contribution in [0.25, 0.3) is 0 Å². The number of hydrogen-bond acceptors (Lipinski definition) is 3. The van der Waals surface area contributed by atoms with Crippen molar-refractivity contribution in [2.75, 3.05) is 17.2 Å². The van der Waals surface area contributed by atoms with Gasteiger partial charge < -0.3 is 0 Å². The zero-order valence-electron chi connectivity index (χ0n) is 7.89. The fourth-order valence-electron chi connectivity index (χ4n) is 1.31. The Hall–Kier alpha value is -1.00. The van der Waals surface area contributed by atoms with Crippen molar-refractivity contribution in [3.63, 3.8) is 0 Å². The summed E-state index contributed by atoms with van der Waals surface area (Å²) in [6.45, 7) is 0.769. The first-order valence-corrected chi connectivity index (χ1v) is 5.85. The molecule has 3 nitrogen and oxygen atoms in total. The number of aliphatic imine (C=N–C) groups is 1. The summed E-state index contributed by atoms with van der Waals surface area (Å²) in [4.78, 5) is 16.8. The zero-order chi connectivity index (χ0) is 10.7. The number of nitrogens with zero attached hydrogens (tertiary/aromatic N) is 2. The minimum Gasteiger partial charge on any atom is -0.278 e. The maximum Gasteiger partial charge on any atom is 0.220 e. The molecule has 1 heterocycles. The molecule has 1 aromatic rings. The van der Waals surface area contributed by atoms with Crippen molar-refractivity contribution in [2.45, 2.75) is 0 Å². The van der Waals surface area contributed by atoms with E-state index in [1.165, 1.54) is 4.90 Å². The Labute approximate surface area is 97.1 Å². The highest BCUT2D eigenvalue weighted by molar-refractivity contribution is 8.14. The van der Waals surface area contributed by atoms with E-state index in [1.54, 1.807) is 23.9 Å². The van der Waals surface area contributed by atoms with Crippen molar-refractivity contribution in [1.29, 1.82) is 0 Å². The molecule has 0 saturated heterocycles. The first-order valence-electron chi connectivity index (χ1n) is 4.48. The summed E-state index contributed by atoms with van der Waals surface area (Å²) in [5.74, 6) is 0.931. The lowest BCUT2D eigenvalue weighted by Gasteiger charge is -2.16. The summed E-state index contributed by atoms with van der Waals surface area (Å²) in [7, 11) is 0. The number of carbonyl (C=O) groups is 1. The molecule has 15 heavy (non-hydrogen) atoms. The van der Waals surface area contributed by atoms with E-state index in [0.29, 0.717) is 5.02 Å². The van der Waals surface area contributed by atoms with E-state index in [2.05, 4.69) is 4.99 Å². The fourth-order valence-corrected chi connectivity index (χ4v) is 2.33. The highest BCUT2D eigenvalue weighted by Gasteiger charge is 2.16. The molecule has 0 saturated carbocycles. The molecule has 0 spiro atoms. The van der Waals surface area contributed by atoms with Gasteiger partial charge in [-0.1, -0.05) is 29.4 Å². The number of benzene rings is 1. The monoisotopic (exact) mass is 240 g/mol. The van der Waals surface area contributed by atoms with Gasteiger partial charge >= 0.3 is 0 Å². The third-order valence-electron chi connectivity index (χ3n) is 1.97. The SMILES string of the molecule is O=CN(C1=NCCS1)c1cccc(Cl)c1. The number of rotatable bonds is 2. The Morgan fingerprint density at radius 3 is 3.00 bits per heavy atom. The Morgan fingerprint density at radius 1 is 1.53 bits per heavy atom. The summed E-state index contributed by atoms with van der Waals surface area (Å²) in [5.41, 5.74) is 0.755. The Bertz CT molecular complexity index is 408. The van der Waals surface area contributed by atoms with E-state index in [9.17, 15) is 4.79 Å². The lowest BCUT2D eigenvalue weighted by molar-refractivity contribution is -0.106. The first kappa shape index (κ1) is 10.5. The van der Waals surface area contributed by atoms with Crippen LogP contribution >= 0.6 is 23.4 Å². The molecule has 0 aromatic heterocycles. The predicted molar refractivity (Wildman–Crippen MR) is 64.8 cm³/mol. The van der Waals surface area contributed by atoms with Gasteiger partial charge in [-0.15, -0.1) is 0 Å². The molecule has 5 heteroatoms. The number of thioether (sulfide) groups is 1. The molecule has 1 aromatic carbocycles. The van der Waals surface area contributed by atoms with Gasteiger partial charge in [0.15, 0.2) is 5.17 Å². The van der Waals surface area contributed by atoms with Crippen LogP contribution in [0.15, 0.2) is 29.3 Å². The number of amides is 1. The van der Waals surface area contributed by atoms with Crippen LogP contribution in [0.1, 0.15) is 0 Å². The average Bonchev–Trinajstić information content (AvgIpc) is 2.72. The van der Waals surface area contributed by atoms with Gasteiger partial charge in [-0.05, 0) is 18.2 Å². The van der Waals surface area contributed by atoms with Crippen LogP contribution in [0.2, 0.25) is 5.02 Å². The quantitative estimate of drug-likeness (QED) is 0.744. The normalized spacial score (nSPS) is 14.9. The van der Waals surface area contributed by atoms with Gasteiger partial charge in [0.2, 0.25) is 6.41 Å². The van der Waals surface area contributed by atoms with Crippen molar-refractivity contribution in [3.8, 4) is 0 Å². The summed E-state index contributed by atoms with van der Waals surface area (Å²) in [6, 6.07) is 7.17. The predicted octanol–water partition coefficient (Wildman–Crippen LogP) is 2.41. The lowest BCUT2D eigenvalue weighted by atomic mass is 10.3. The second kappa shape index (κ2) is 4.68. The van der Waals surface area contributed by atoms with E-state index < -0.39 is 0 Å². The highest BCUT2D eigenvalue weighted by Crippen LogP contribution is 2.23. The standard InChI is InChI=1S/C10H9ClN2OS/c11-8-2-1-3-9(6-8)13(7-14)10-12-4-5-15-10/h1-3,6-7H,4-5H2. The molecule has 0 fully saturated rings. The van der Waals surface area contributed by atoms with Crippen molar-refractivity contribution < 1.29 is 4.79 Å². The first-order chi connectivity index (χ1) is 7.31. The second-order valence-electron chi connectivity index (χ2n) is 2.97. The van der Waals surface area contributed by atoms with Crippen molar-refractivity contribution in [2.24, 2.45) is 4.99 Å². The highest BCUT2D eigenvalue weighted by atomic mass is 35.5. The average molecular weight is 241 g/mol. The molecule has 1 amide bonds. The topological polar surface area (TPSA) is 32.7 Å². The van der Waals surface area contributed by atoms with Gasteiger partial charge in [0.1, 0.15) is 0 Å². The van der Waals surface area contributed by atoms with Gasteiger partial charge in [-0.3, -0.25) is 14.7 Å². The molecule has 0 radical (unpaired) electrons. The molecule has 0 atom stereocenters. The number of hydrogen-bond donors (Lipinski definition) is 0. The molecule has 0 unspecified atom stereocenters. The molecular weight excluding hydrogens is 232 g/mol. The fraction of sp³-hybridized carbons (Fsp3) is 0.200. The molecule has 0 N–H and O–H groups in total. The zero-order valence-corrected chi connectivity index (χ0v) is 9.46. The molecule has 0 aliphatic carbocycles. The second-order valence-corrected chi connectivity index (χ2v) is 4.47. The van der Waals surface area contributed by atoms with Crippen LogP contribution in [0, 0.1) is 0 Å². The van der Waals surface area contributed by atoms with Crippen LogP contribution in [0.5, 0.6) is 0 Å². The van der Waals surface area contributed by atoms with Crippen molar-refractivity contribution >= 4 is 40.6 Å². The minimum atomic E-state index is 0.614. The van der Waals surface area contributed by atoms with Gasteiger partial charge in [-0.25, -0.2) is 0 Å². The smallest absolute Gasteiger partial charge is 0.220 e. The van der Waals surface area contributed by atoms with E-state index in [1.807, 2.05) is 12.1 Å². The number of anilines is 1. The third kappa shape index (κ3) is 2.33. The van der Waals surface area contributed by atoms with Gasteiger partial charge in [-0.2, -0.15) is 0 Å². The van der Waals surface area contributed by atoms with Crippen LogP contribution in [-0.2, 0) is 4.79 Å². The molecule has 2 rings (SSSR count). The van der Waals surface area contributed by atoms with E-state index in [0.717, 1.165) is 29.6 Å². The number of carbonyl (C=O) groups excluding carboxylic acids is 1. The summed E-state index contributed by atoms with van der Waals surface area (Å²) in [6.07, 6.45) is 0.767. The van der Waals surface area contributed by atoms with Crippen molar-refractivity contribution in [1.82, 2.24) is 0 Å². The van der Waals surface area contributed by atoms with E-state index in [-0.39, 0.29) is 0 Å². The summed E-state index contributed by atoms with van der Waals surface area (Å²) >= 11 is 7.44. The number of amidine groups is 1. The Kier molecular flexibility index (Phi) is 3.28. The molecule has 1 aliphatic rings. The molecule has 78 valence electrons. The Morgan fingerprint density at radius 2 is 2.40 bits per heavy atom. The number of halogens is 1. The van der Waals surface area contributed by atoms with E-state index in [4.69, 9.17) is 11.6 Å². The lowest BCUT2D eigenvalue weighted by Crippen LogP contribution is -2.25. The van der Waals surface area contributed by atoms with Crippen molar-refractivity contribution in [3.05, 3.63) is 29.3 Å². The summed E-state index contributed by atoms with van der Waals surface area (Å²) < 4.78 is 0. The maximum absolute atomic E-state index is 11.0. The van der Waals surface area contributed by atoms with Crippen LogP contribution in [0.4, 0.5) is 5.69 Å². The van der Waals surface area contributed by atoms with Crippen LogP contribution in [0.3, 0.4) is 0 Å². The van der Waals surface area contributed by atoms with Gasteiger partial charge in [0.05, 0.1) is 12.2 Å². The van der Waals surface area contributed by atoms with Crippen LogP contribution in [-0.4, -0.2) is 23.9 Å². The van der Waals surface area contributed by atoms with E-state index >= 15 is 0 Å².